The summed E-state index contributed by atoms with van der Waals surface area (Å²) >= 11 is 0. The third-order valence-corrected chi connectivity index (χ3v) is 8.91. The summed E-state index contributed by atoms with van der Waals surface area (Å²) < 4.78 is 5.39. The number of rotatable bonds is 4. The predicted molar refractivity (Wildman–Crippen MR) is 142 cm³/mol. The van der Waals surface area contributed by atoms with Gasteiger partial charge in [0.15, 0.2) is 11.6 Å². The minimum Gasteiger partial charge on any atom is -0.510 e. The molecular formula is C26H29N4O7P. The van der Waals surface area contributed by atoms with Crippen molar-refractivity contribution in [2.24, 2.45) is 17.6 Å². The molecule has 0 aliphatic heterocycles. The van der Waals surface area contributed by atoms with Gasteiger partial charge < -0.3 is 30.4 Å². The molecule has 11 nitrogen and oxygen atoms in total. The topological polar surface area (TPSA) is 170 Å². The molecule has 0 bridgehead atoms. The van der Waals surface area contributed by atoms with Gasteiger partial charge in [0.2, 0.25) is 5.89 Å². The first-order valence-electron chi connectivity index (χ1n) is 12.0. The monoisotopic (exact) mass is 540 g/mol. The number of nitrogens with two attached hydrogens (primary N) is 1. The summed E-state index contributed by atoms with van der Waals surface area (Å²) in [5.74, 6) is -4.99. The Labute approximate surface area is 220 Å². The number of phenolic OH excluding ortho intramolecular Hbond substituents is 1. The van der Waals surface area contributed by atoms with Gasteiger partial charge in [-0.3, -0.25) is 19.3 Å². The molecule has 2 aromatic rings. The number of primary amides is 1. The Kier molecular flexibility index (Phi) is 5.92. The zero-order valence-electron chi connectivity index (χ0n) is 21.3. The number of fused-ring (bicyclic) bond motifs is 3. The number of amides is 1. The van der Waals surface area contributed by atoms with Gasteiger partial charge in [0.05, 0.1) is 23.4 Å². The SMILES string of the molecule is CN(C)c1cc(-c2ncco2)c(O)c2c1C[C@H]1C[C@H]3[C@H](N(C)C)C(=O)C(C(N)=O)=C(O)[C@@]3(P)C(=O)C1=C2O. The van der Waals surface area contributed by atoms with Crippen LogP contribution in [-0.2, 0) is 20.8 Å². The Balaban J connectivity index is 1.78. The number of hydrogen-bond acceptors (Lipinski definition) is 10. The van der Waals surface area contributed by atoms with E-state index in [1.165, 1.54) is 12.5 Å². The Morgan fingerprint density at radius 3 is 2.45 bits per heavy atom. The quantitative estimate of drug-likeness (QED) is 0.330. The Bertz CT molecular complexity index is 1460. The molecule has 5 rings (SSSR count). The number of oxazole rings is 1. The van der Waals surface area contributed by atoms with E-state index in [9.17, 15) is 29.7 Å². The van der Waals surface area contributed by atoms with Crippen molar-refractivity contribution in [3.8, 4) is 17.2 Å². The van der Waals surface area contributed by atoms with Crippen LogP contribution in [0.3, 0.4) is 0 Å². The van der Waals surface area contributed by atoms with Crippen molar-refractivity contribution >= 4 is 38.2 Å². The molecule has 0 radical (unpaired) electrons. The molecule has 200 valence electrons. The Morgan fingerprint density at radius 1 is 1.21 bits per heavy atom. The molecule has 1 aromatic heterocycles. The first-order chi connectivity index (χ1) is 17.8. The van der Waals surface area contributed by atoms with Crippen molar-refractivity contribution in [2.75, 3.05) is 33.1 Å². The van der Waals surface area contributed by atoms with E-state index >= 15 is 0 Å². The van der Waals surface area contributed by atoms with Crippen LogP contribution in [0.1, 0.15) is 17.5 Å². The van der Waals surface area contributed by atoms with E-state index in [1.54, 1.807) is 25.1 Å². The minimum atomic E-state index is -1.77. The molecule has 1 amide bonds. The highest BCUT2D eigenvalue weighted by Crippen LogP contribution is 2.57. The number of carbonyl (C=O) groups excluding carboxylic acids is 3. The van der Waals surface area contributed by atoms with Gasteiger partial charge in [0, 0.05) is 31.3 Å². The van der Waals surface area contributed by atoms with E-state index in [0.717, 1.165) is 0 Å². The largest absolute Gasteiger partial charge is 0.510 e. The maximum Gasteiger partial charge on any atom is 0.255 e. The van der Waals surface area contributed by atoms with Crippen LogP contribution in [0.15, 0.2) is 39.8 Å². The molecule has 0 spiro atoms. The average Bonchev–Trinajstić information content (AvgIpc) is 3.35. The van der Waals surface area contributed by atoms with Gasteiger partial charge in [-0.2, -0.15) is 0 Å². The number of allylic oxidation sites excluding steroid dienone is 2. The molecule has 5 N–H and O–H groups in total. The van der Waals surface area contributed by atoms with Crippen molar-refractivity contribution in [1.82, 2.24) is 9.88 Å². The summed E-state index contributed by atoms with van der Waals surface area (Å²) in [6.45, 7) is 0. The van der Waals surface area contributed by atoms with Crippen LogP contribution in [0.2, 0.25) is 0 Å². The lowest BCUT2D eigenvalue weighted by molar-refractivity contribution is -0.130. The van der Waals surface area contributed by atoms with E-state index in [0.29, 0.717) is 11.3 Å². The van der Waals surface area contributed by atoms with Crippen LogP contribution in [0, 0.1) is 11.8 Å². The van der Waals surface area contributed by atoms with E-state index in [-0.39, 0.29) is 41.2 Å². The van der Waals surface area contributed by atoms with Gasteiger partial charge in [-0.15, -0.1) is 9.24 Å². The number of nitrogens with zero attached hydrogens (tertiary/aromatic N) is 3. The summed E-state index contributed by atoms with van der Waals surface area (Å²) in [4.78, 5) is 47.2. The van der Waals surface area contributed by atoms with E-state index in [4.69, 9.17) is 10.2 Å². The van der Waals surface area contributed by atoms with Crippen molar-refractivity contribution in [1.29, 1.82) is 0 Å². The zero-order valence-corrected chi connectivity index (χ0v) is 22.5. The molecule has 1 saturated carbocycles. The summed E-state index contributed by atoms with van der Waals surface area (Å²) in [6.07, 6.45) is 3.31. The van der Waals surface area contributed by atoms with Crippen LogP contribution in [-0.4, -0.2) is 82.1 Å². The summed E-state index contributed by atoms with van der Waals surface area (Å²) in [5.41, 5.74) is 6.47. The first kappa shape index (κ1) is 25.9. The highest BCUT2D eigenvalue weighted by molar-refractivity contribution is 7.22. The lowest BCUT2D eigenvalue weighted by Crippen LogP contribution is -2.63. The smallest absolute Gasteiger partial charge is 0.255 e. The molecule has 38 heavy (non-hydrogen) atoms. The second-order valence-electron chi connectivity index (χ2n) is 10.4. The molecule has 1 unspecified atom stereocenters. The highest BCUT2D eigenvalue weighted by Gasteiger charge is 2.62. The number of phenols is 1. The number of aliphatic hydroxyl groups excluding tert-OH is 2. The van der Waals surface area contributed by atoms with E-state index in [2.05, 4.69) is 14.2 Å². The Morgan fingerprint density at radius 2 is 1.89 bits per heavy atom. The normalized spacial score (nSPS) is 26.8. The fourth-order valence-corrected chi connectivity index (χ4v) is 6.90. The fraction of sp³-hybridized carbons (Fsp3) is 0.385. The number of benzene rings is 1. The van der Waals surface area contributed by atoms with Crippen LogP contribution in [0.25, 0.3) is 17.2 Å². The van der Waals surface area contributed by atoms with Crippen molar-refractivity contribution in [2.45, 2.75) is 24.0 Å². The third kappa shape index (κ3) is 3.34. The maximum absolute atomic E-state index is 14.2. The van der Waals surface area contributed by atoms with Crippen LogP contribution in [0.5, 0.6) is 5.75 Å². The van der Waals surface area contributed by atoms with E-state index in [1.807, 2.05) is 19.0 Å². The van der Waals surface area contributed by atoms with Gasteiger partial charge >= 0.3 is 0 Å². The molecular weight excluding hydrogens is 511 g/mol. The van der Waals surface area contributed by atoms with Gasteiger partial charge in [0.25, 0.3) is 5.91 Å². The first-order valence-corrected chi connectivity index (χ1v) is 12.6. The highest BCUT2D eigenvalue weighted by atomic mass is 31.0. The van der Waals surface area contributed by atoms with Crippen LogP contribution >= 0.6 is 9.24 Å². The lowest BCUT2D eigenvalue weighted by Gasteiger charge is -2.51. The van der Waals surface area contributed by atoms with Gasteiger partial charge in [-0.05, 0) is 44.5 Å². The van der Waals surface area contributed by atoms with Crippen molar-refractivity contribution in [3.63, 3.8) is 0 Å². The molecule has 1 fully saturated rings. The van der Waals surface area contributed by atoms with Gasteiger partial charge in [0.1, 0.15) is 34.3 Å². The molecule has 1 heterocycles. The standard InChI is InChI=1S/C26H29N4O7P/c1-29(2)14-9-12(25-28-5-6-37-25)19(31)16-11(14)7-10-8-13-18(30(3)4)21(33)17(24(27)36)23(35)26(13,38)22(34)15(10)20(16)32/h5-6,9-10,13,18,31-32,35H,7-8,38H2,1-4H3,(H2,27,36)/t10-,13-,18-,26-/m0/s1. The lowest BCUT2D eigenvalue weighted by atomic mass is 9.59. The predicted octanol–water partition coefficient (Wildman–Crippen LogP) is 1.57. The van der Waals surface area contributed by atoms with Gasteiger partial charge in [-0.1, -0.05) is 0 Å². The third-order valence-electron chi connectivity index (χ3n) is 7.95. The molecule has 12 heteroatoms. The summed E-state index contributed by atoms with van der Waals surface area (Å²) in [6, 6.07) is 0.803. The number of carbonyl (C=O) groups is 3. The number of anilines is 1. The van der Waals surface area contributed by atoms with Crippen molar-refractivity contribution < 1.29 is 34.1 Å². The number of hydrogen-bond donors (Lipinski definition) is 4. The second kappa shape index (κ2) is 8.68. The summed E-state index contributed by atoms with van der Waals surface area (Å²) in [5, 5.41) is 32.2. The number of Topliss-reactive ketones (excluding diaryl/α,β-unsaturated/α-hetero) is 2. The molecule has 0 saturated heterocycles. The van der Waals surface area contributed by atoms with Crippen LogP contribution < -0.4 is 10.6 Å². The molecule has 3 aliphatic rings. The maximum atomic E-state index is 14.2. The zero-order chi connectivity index (χ0) is 27.8. The molecule has 5 atom stereocenters. The Hall–Kier alpha value is -3.69. The van der Waals surface area contributed by atoms with Crippen LogP contribution in [0.4, 0.5) is 5.69 Å². The van der Waals surface area contributed by atoms with E-state index < -0.39 is 57.6 Å². The molecule has 3 aliphatic carbocycles. The number of aliphatic hydroxyl groups is 2. The second-order valence-corrected chi connectivity index (χ2v) is 11.4. The fourth-order valence-electron chi connectivity index (χ4n) is 6.28. The minimum absolute atomic E-state index is 0.00976. The number of ketones is 2. The average molecular weight is 541 g/mol. The summed E-state index contributed by atoms with van der Waals surface area (Å²) in [7, 11) is 9.28. The molecule has 1 aromatic carbocycles. The van der Waals surface area contributed by atoms with Crippen molar-refractivity contribution in [3.05, 3.63) is 46.6 Å². The number of aromatic hydroxyl groups is 1. The number of aromatic nitrogens is 1. The number of likely N-dealkylation sites (N-methyl/N-ethyl adjacent to an activating group) is 1. The van der Waals surface area contributed by atoms with Gasteiger partial charge in [-0.25, -0.2) is 4.98 Å².